The monoisotopic (exact) mass is 958 g/mol. The summed E-state index contributed by atoms with van der Waals surface area (Å²) in [6, 6.07) is 10.3. The van der Waals surface area contributed by atoms with Gasteiger partial charge in [0, 0.05) is 51.3 Å². The third-order valence-electron chi connectivity index (χ3n) is 10.4. The van der Waals surface area contributed by atoms with E-state index in [1.54, 1.807) is 31.3 Å². The number of hydrogen-bond donors (Lipinski definition) is 5. The number of para-hydroxylation sites is 1. The molecule has 1 unspecified atom stereocenters. The van der Waals surface area contributed by atoms with Crippen molar-refractivity contribution in [1.29, 1.82) is 0 Å². The number of amidine groups is 2. The number of carbonyl (C=O) groups is 2. The van der Waals surface area contributed by atoms with Gasteiger partial charge in [-0.3, -0.25) is 14.5 Å². The molecule has 2 aliphatic rings. The summed E-state index contributed by atoms with van der Waals surface area (Å²) in [5.74, 6) is 1.13. The second-order valence-electron chi connectivity index (χ2n) is 15.3. The fourth-order valence-corrected chi connectivity index (χ4v) is 7.81. The van der Waals surface area contributed by atoms with Crippen molar-refractivity contribution in [3.8, 4) is 0 Å². The van der Waals surface area contributed by atoms with Crippen molar-refractivity contribution in [2.24, 2.45) is 9.98 Å². The second kappa shape index (κ2) is 29.6. The normalized spacial score (nSPS) is 15.4. The predicted octanol–water partition coefficient (Wildman–Crippen LogP) is 2.47. The van der Waals surface area contributed by atoms with E-state index in [0.717, 1.165) is 44.1 Å². The maximum atomic E-state index is 12.9. The first-order valence-electron chi connectivity index (χ1n) is 22.2. The van der Waals surface area contributed by atoms with Crippen molar-refractivity contribution in [1.82, 2.24) is 20.1 Å². The second-order valence-corrected chi connectivity index (χ2v) is 16.7. The number of piperazine rings is 1. The molecular formula is C44H64BClN8O11S. The standard InChI is InChI=1S/C44H64BClN8O11S/c1-32-7-8-35(29-36(32)45(57)58)42(55)47-9-15-59-17-19-61-21-23-63-25-27-65-28-26-64-24-22-62-20-18-60-16-14-53-10-12-54(13-11-53)40-30-39(49-34(3)50-40)51-44-48-31-38(66-44)43(56)52-41-33(2)5-4-6-37(41)46/h4-8,29,31,39,57-58H,9-28,30H2,1-3H3,(H,47,55)(H,48,51)(H,52,56). The smallest absolute Gasteiger partial charge is 0.423 e. The van der Waals surface area contributed by atoms with Crippen molar-refractivity contribution in [2.75, 3.05) is 142 Å². The maximum Gasteiger partial charge on any atom is 0.488 e. The molecule has 66 heavy (non-hydrogen) atoms. The number of ether oxygens (including phenoxy) is 7. The molecule has 362 valence electrons. The highest BCUT2D eigenvalue weighted by atomic mass is 35.5. The van der Waals surface area contributed by atoms with Crippen LogP contribution >= 0.6 is 22.9 Å². The number of halogens is 1. The molecule has 5 rings (SSSR count). The number of anilines is 2. The van der Waals surface area contributed by atoms with Gasteiger partial charge in [-0.05, 0) is 50.0 Å². The van der Waals surface area contributed by atoms with Gasteiger partial charge in [0.2, 0.25) is 0 Å². The van der Waals surface area contributed by atoms with Gasteiger partial charge in [0.15, 0.2) is 5.13 Å². The van der Waals surface area contributed by atoms with E-state index >= 15 is 0 Å². The van der Waals surface area contributed by atoms with E-state index in [2.05, 4.69) is 35.7 Å². The number of thiazole rings is 1. The number of aryl methyl sites for hydroxylation is 2. The van der Waals surface area contributed by atoms with E-state index in [0.29, 0.717) is 149 Å². The lowest BCUT2D eigenvalue weighted by Crippen LogP contribution is -2.50. The van der Waals surface area contributed by atoms with Crippen LogP contribution in [0.4, 0.5) is 10.8 Å². The Bertz CT molecular complexity index is 1990. The highest BCUT2D eigenvalue weighted by Crippen LogP contribution is 2.28. The fraction of sp³-hybridized carbons (Fsp3) is 0.568. The first-order valence-corrected chi connectivity index (χ1v) is 23.4. The zero-order valence-electron chi connectivity index (χ0n) is 38.1. The van der Waals surface area contributed by atoms with E-state index in [1.165, 1.54) is 17.4 Å². The van der Waals surface area contributed by atoms with Crippen LogP contribution in [0.15, 0.2) is 52.6 Å². The molecule has 0 aliphatic carbocycles. The molecule has 3 aromatic rings. The predicted molar refractivity (Wildman–Crippen MR) is 256 cm³/mol. The Labute approximate surface area is 396 Å². The van der Waals surface area contributed by atoms with Crippen molar-refractivity contribution in [2.45, 2.75) is 33.4 Å². The fourth-order valence-electron chi connectivity index (χ4n) is 6.79. The molecule has 1 fully saturated rings. The van der Waals surface area contributed by atoms with Crippen molar-refractivity contribution in [3.05, 3.63) is 69.2 Å². The molecule has 0 saturated carbocycles. The summed E-state index contributed by atoms with van der Waals surface area (Å²) in [6.07, 6.45) is 1.96. The van der Waals surface area contributed by atoms with Crippen LogP contribution in [0.25, 0.3) is 0 Å². The summed E-state index contributed by atoms with van der Waals surface area (Å²) < 4.78 is 39.0. The lowest BCUT2D eigenvalue weighted by atomic mass is 9.76. The van der Waals surface area contributed by atoms with Gasteiger partial charge < -0.3 is 64.1 Å². The van der Waals surface area contributed by atoms with Crippen LogP contribution in [-0.4, -0.2) is 193 Å². The van der Waals surface area contributed by atoms with E-state index in [1.807, 2.05) is 26.0 Å². The molecule has 19 nitrogen and oxygen atoms in total. The summed E-state index contributed by atoms with van der Waals surface area (Å²) in [6.45, 7) is 16.7. The summed E-state index contributed by atoms with van der Waals surface area (Å²) in [4.78, 5) is 44.2. The Morgan fingerprint density at radius 1 is 0.773 bits per heavy atom. The molecule has 1 atom stereocenters. The van der Waals surface area contributed by atoms with Crippen LogP contribution in [0.3, 0.4) is 0 Å². The van der Waals surface area contributed by atoms with Gasteiger partial charge in [-0.25, -0.2) is 15.0 Å². The van der Waals surface area contributed by atoms with Crippen LogP contribution in [0.5, 0.6) is 0 Å². The van der Waals surface area contributed by atoms with Gasteiger partial charge in [0.1, 0.15) is 22.7 Å². The molecule has 2 aliphatic heterocycles. The highest BCUT2D eigenvalue weighted by molar-refractivity contribution is 7.17. The van der Waals surface area contributed by atoms with Crippen LogP contribution in [0.1, 0.15) is 44.5 Å². The number of rotatable bonds is 30. The molecule has 2 amide bonds. The van der Waals surface area contributed by atoms with Gasteiger partial charge in [0.05, 0.1) is 109 Å². The first kappa shape index (κ1) is 52.9. The Morgan fingerprint density at radius 3 is 1.95 bits per heavy atom. The van der Waals surface area contributed by atoms with E-state index < -0.39 is 7.12 Å². The molecule has 3 heterocycles. The highest BCUT2D eigenvalue weighted by Gasteiger charge is 2.26. The maximum absolute atomic E-state index is 12.9. The molecule has 2 aromatic carbocycles. The summed E-state index contributed by atoms with van der Waals surface area (Å²) in [5, 5.41) is 29.0. The minimum atomic E-state index is -1.63. The Hall–Kier alpha value is -4.10. The van der Waals surface area contributed by atoms with Gasteiger partial charge in [-0.15, -0.1) is 0 Å². The minimum absolute atomic E-state index is 0.231. The number of hydrogen-bond acceptors (Lipinski definition) is 18. The molecular weight excluding hydrogens is 895 g/mol. The first-order chi connectivity index (χ1) is 32.1. The third kappa shape index (κ3) is 18.9. The molecule has 1 aromatic heterocycles. The number of benzene rings is 2. The zero-order valence-corrected chi connectivity index (χ0v) is 39.7. The number of amides is 2. The van der Waals surface area contributed by atoms with E-state index in [9.17, 15) is 19.6 Å². The average Bonchev–Trinajstić information content (AvgIpc) is 3.77. The largest absolute Gasteiger partial charge is 0.488 e. The number of nitrogens with zero attached hydrogens (tertiary/aromatic N) is 5. The van der Waals surface area contributed by atoms with Gasteiger partial charge >= 0.3 is 7.12 Å². The molecule has 22 heteroatoms. The summed E-state index contributed by atoms with van der Waals surface area (Å²) in [5.41, 5.74) is 2.83. The van der Waals surface area contributed by atoms with Crippen LogP contribution in [-0.2, 0) is 33.2 Å². The van der Waals surface area contributed by atoms with E-state index in [4.69, 9.17) is 49.8 Å². The van der Waals surface area contributed by atoms with Crippen LogP contribution in [0.2, 0.25) is 5.02 Å². The summed E-state index contributed by atoms with van der Waals surface area (Å²) in [7, 11) is -1.63. The lowest BCUT2D eigenvalue weighted by Gasteiger charge is -2.37. The van der Waals surface area contributed by atoms with Crippen molar-refractivity contribution >= 4 is 69.8 Å². The van der Waals surface area contributed by atoms with Crippen molar-refractivity contribution in [3.63, 3.8) is 0 Å². The minimum Gasteiger partial charge on any atom is -0.423 e. The lowest BCUT2D eigenvalue weighted by molar-refractivity contribution is -0.0210. The molecule has 5 N–H and O–H groups in total. The Morgan fingerprint density at radius 2 is 1.36 bits per heavy atom. The van der Waals surface area contributed by atoms with Gasteiger partial charge in [-0.2, -0.15) is 0 Å². The van der Waals surface area contributed by atoms with Gasteiger partial charge in [-0.1, -0.05) is 46.7 Å². The van der Waals surface area contributed by atoms with Crippen molar-refractivity contribution < 1.29 is 52.8 Å². The molecule has 0 spiro atoms. The van der Waals surface area contributed by atoms with Crippen LogP contribution in [0, 0.1) is 13.8 Å². The quantitative estimate of drug-likeness (QED) is 0.0479. The average molecular weight is 959 g/mol. The Kier molecular flexibility index (Phi) is 23.7. The van der Waals surface area contributed by atoms with E-state index in [-0.39, 0.29) is 18.0 Å². The summed E-state index contributed by atoms with van der Waals surface area (Å²) >= 11 is 7.57. The van der Waals surface area contributed by atoms with Gasteiger partial charge in [0.25, 0.3) is 11.8 Å². The number of aromatic nitrogens is 1. The number of nitrogens with one attached hydrogen (secondary N) is 3. The topological polar surface area (TPSA) is 219 Å². The number of carbonyl (C=O) groups excluding carboxylic acids is 2. The van der Waals surface area contributed by atoms with Crippen LogP contribution < -0.4 is 21.4 Å². The zero-order chi connectivity index (χ0) is 46.9. The SMILES string of the molecule is CC1=NC(Nc2ncc(C(=O)Nc3c(C)cccc3Cl)s2)CC(N2CCN(CCOCCOCCOCCOCCOCCOCCOCCNC(=O)c3ccc(C)c(B(O)O)c3)CC2)=N1. The third-order valence-corrected chi connectivity index (χ3v) is 11.6. The Balaban J connectivity index is 0.766. The molecule has 0 radical (unpaired) electrons. The molecule has 0 bridgehead atoms. The molecule has 1 saturated heterocycles. The number of aliphatic imine (C=N–C) groups is 2.